The first-order valence-corrected chi connectivity index (χ1v) is 5.38. The Morgan fingerprint density at radius 1 is 1.14 bits per heavy atom. The maximum Gasteiger partial charge on any atom is 0.101 e. The van der Waals surface area contributed by atoms with E-state index in [0.717, 1.165) is 0 Å². The monoisotopic (exact) mass is 198 g/mol. The van der Waals surface area contributed by atoms with Gasteiger partial charge in [-0.1, -0.05) is 53.0 Å². The topological polar surface area (TPSA) is 9.23 Å². The van der Waals surface area contributed by atoms with Crippen LogP contribution in [0.1, 0.15) is 53.9 Å². The summed E-state index contributed by atoms with van der Waals surface area (Å²) in [5.41, 5.74) is 0. The summed E-state index contributed by atoms with van der Waals surface area (Å²) in [6.45, 7) is 14.6. The molecule has 0 aliphatic heterocycles. The predicted octanol–water partition coefficient (Wildman–Crippen LogP) is 4.39. The van der Waals surface area contributed by atoms with Crippen molar-refractivity contribution in [3.63, 3.8) is 0 Å². The van der Waals surface area contributed by atoms with Gasteiger partial charge in [0.15, 0.2) is 0 Å². The molecular formula is C13H26O. The van der Waals surface area contributed by atoms with E-state index in [1.165, 1.54) is 12.8 Å². The number of rotatable bonds is 3. The number of hydrogen-bond acceptors (Lipinski definition) is 1. The summed E-state index contributed by atoms with van der Waals surface area (Å²) >= 11 is 0. The number of terminal acetylenes is 1. The summed E-state index contributed by atoms with van der Waals surface area (Å²) in [6.07, 6.45) is 7.99. The molecule has 0 heterocycles. The molecule has 0 rings (SSSR count). The van der Waals surface area contributed by atoms with Gasteiger partial charge in [-0.3, -0.25) is 0 Å². The molecule has 1 nitrogen and oxygen atoms in total. The summed E-state index contributed by atoms with van der Waals surface area (Å²) in [7, 11) is 0. The quantitative estimate of drug-likeness (QED) is 0.482. The van der Waals surface area contributed by atoms with Gasteiger partial charge in [0.2, 0.25) is 0 Å². The van der Waals surface area contributed by atoms with E-state index >= 15 is 0 Å². The van der Waals surface area contributed by atoms with Crippen LogP contribution in [-0.2, 0) is 4.74 Å². The molecule has 0 aliphatic rings. The highest BCUT2D eigenvalue weighted by molar-refractivity contribution is 4.98. The van der Waals surface area contributed by atoms with Crippen LogP contribution in [0.3, 0.4) is 0 Å². The maximum absolute atomic E-state index is 4.97. The molecule has 0 atom stereocenters. The highest BCUT2D eigenvalue weighted by atomic mass is 16.5. The van der Waals surface area contributed by atoms with E-state index in [0.29, 0.717) is 18.8 Å². The minimum absolute atomic E-state index is 0.522. The second-order valence-corrected chi connectivity index (χ2v) is 2.77. The van der Waals surface area contributed by atoms with Gasteiger partial charge in [0.1, 0.15) is 5.76 Å². The minimum atomic E-state index is 0.522. The summed E-state index contributed by atoms with van der Waals surface area (Å²) in [5, 5.41) is 0. The van der Waals surface area contributed by atoms with Crippen LogP contribution in [0.2, 0.25) is 0 Å². The highest BCUT2D eigenvalue weighted by Gasteiger charge is 1.85. The van der Waals surface area contributed by atoms with Crippen molar-refractivity contribution in [2.45, 2.75) is 53.9 Å². The van der Waals surface area contributed by atoms with E-state index in [9.17, 15) is 0 Å². The van der Waals surface area contributed by atoms with Gasteiger partial charge in [-0.15, -0.1) is 6.42 Å². The van der Waals surface area contributed by atoms with Crippen LogP contribution in [0.5, 0.6) is 0 Å². The van der Waals surface area contributed by atoms with Crippen molar-refractivity contribution < 1.29 is 4.74 Å². The molecule has 1 heteroatoms. The van der Waals surface area contributed by atoms with Crippen molar-refractivity contribution in [2.75, 3.05) is 6.61 Å². The zero-order valence-electron chi connectivity index (χ0n) is 10.5. The van der Waals surface area contributed by atoms with Gasteiger partial charge in [-0.2, -0.15) is 0 Å². The van der Waals surface area contributed by atoms with E-state index in [1.807, 2.05) is 6.92 Å². The van der Waals surface area contributed by atoms with E-state index in [2.05, 4.69) is 40.2 Å². The van der Waals surface area contributed by atoms with Crippen LogP contribution in [0.25, 0.3) is 0 Å². The van der Waals surface area contributed by atoms with Gasteiger partial charge in [-0.25, -0.2) is 0 Å². The molecule has 0 aromatic heterocycles. The van der Waals surface area contributed by atoms with Crippen molar-refractivity contribution in [2.24, 2.45) is 0 Å². The Kier molecular flexibility index (Phi) is 30.5. The molecule has 0 fully saturated rings. The van der Waals surface area contributed by atoms with Crippen LogP contribution in [0.15, 0.2) is 12.3 Å². The Morgan fingerprint density at radius 3 is 1.71 bits per heavy atom. The average molecular weight is 198 g/mol. The van der Waals surface area contributed by atoms with Crippen LogP contribution in [0.4, 0.5) is 0 Å². The van der Waals surface area contributed by atoms with Gasteiger partial charge >= 0.3 is 0 Å². The third-order valence-corrected chi connectivity index (χ3v) is 0.648. The summed E-state index contributed by atoms with van der Waals surface area (Å²) in [4.78, 5) is 0. The molecular weight excluding hydrogens is 172 g/mol. The third kappa shape index (κ3) is 43.5. The van der Waals surface area contributed by atoms with Crippen molar-refractivity contribution in [1.29, 1.82) is 0 Å². The lowest BCUT2D eigenvalue weighted by molar-refractivity contribution is 0.227. The number of hydrogen-bond donors (Lipinski definition) is 0. The molecule has 0 aromatic rings. The van der Waals surface area contributed by atoms with Crippen molar-refractivity contribution >= 4 is 0 Å². The van der Waals surface area contributed by atoms with Crippen LogP contribution < -0.4 is 0 Å². The molecule has 0 bridgehead atoms. The fourth-order valence-corrected chi connectivity index (χ4v) is 0.369. The Bertz CT molecular complexity index is 129. The van der Waals surface area contributed by atoms with Gasteiger partial charge in [-0.05, 0) is 6.92 Å². The highest BCUT2D eigenvalue weighted by Crippen LogP contribution is 1.96. The SMILES string of the molecule is C#CCC(=C)OCC.CCC.CCC. The van der Waals surface area contributed by atoms with Crippen molar-refractivity contribution in [3.8, 4) is 12.3 Å². The van der Waals surface area contributed by atoms with E-state index in [4.69, 9.17) is 11.2 Å². The second kappa shape index (κ2) is 22.7. The van der Waals surface area contributed by atoms with Crippen LogP contribution in [-0.4, -0.2) is 6.61 Å². The Labute approximate surface area is 90.6 Å². The smallest absolute Gasteiger partial charge is 0.101 e. The summed E-state index contributed by atoms with van der Waals surface area (Å²) in [5.74, 6) is 3.10. The first-order valence-electron chi connectivity index (χ1n) is 5.38. The summed E-state index contributed by atoms with van der Waals surface area (Å²) < 4.78 is 4.95. The average Bonchev–Trinajstić information content (AvgIpc) is 2.07. The fraction of sp³-hybridized carbons (Fsp3) is 0.692. The minimum Gasteiger partial charge on any atom is -0.498 e. The zero-order valence-corrected chi connectivity index (χ0v) is 10.5. The molecule has 0 N–H and O–H groups in total. The fourth-order valence-electron chi connectivity index (χ4n) is 0.369. The van der Waals surface area contributed by atoms with Crippen molar-refractivity contribution in [1.82, 2.24) is 0 Å². The molecule has 0 unspecified atom stereocenters. The van der Waals surface area contributed by atoms with E-state index in [-0.39, 0.29) is 0 Å². The molecule has 0 aliphatic carbocycles. The molecule has 0 aromatic carbocycles. The van der Waals surface area contributed by atoms with Crippen LogP contribution in [0, 0.1) is 12.3 Å². The molecule has 14 heavy (non-hydrogen) atoms. The molecule has 0 spiro atoms. The number of allylic oxidation sites excluding steroid dienone is 1. The Hall–Kier alpha value is -0.900. The van der Waals surface area contributed by atoms with Gasteiger partial charge in [0.05, 0.1) is 13.0 Å². The van der Waals surface area contributed by atoms with E-state index < -0.39 is 0 Å². The van der Waals surface area contributed by atoms with E-state index in [1.54, 1.807) is 0 Å². The predicted molar refractivity (Wildman–Crippen MR) is 66.1 cm³/mol. The number of ether oxygens (including phenoxy) is 1. The maximum atomic E-state index is 4.97. The van der Waals surface area contributed by atoms with Crippen molar-refractivity contribution in [3.05, 3.63) is 12.3 Å². The third-order valence-electron chi connectivity index (χ3n) is 0.648. The Morgan fingerprint density at radius 2 is 1.50 bits per heavy atom. The first kappa shape index (κ1) is 18.8. The molecule has 0 saturated carbocycles. The van der Waals surface area contributed by atoms with Gasteiger partial charge < -0.3 is 4.74 Å². The largest absolute Gasteiger partial charge is 0.498 e. The standard InChI is InChI=1S/C7H10O.2C3H8/c1-4-6-7(3)8-5-2;2*1-3-2/h1H,3,5-6H2,2H3;2*3H2,1-2H3. The lowest BCUT2D eigenvalue weighted by Crippen LogP contribution is -1.86. The first-order chi connectivity index (χ1) is 6.64. The second-order valence-electron chi connectivity index (χ2n) is 2.77. The molecule has 0 amide bonds. The lowest BCUT2D eigenvalue weighted by atomic mass is 10.4. The normalized spacial score (nSPS) is 6.86. The lowest BCUT2D eigenvalue weighted by Gasteiger charge is -1.99. The zero-order chi connectivity index (χ0) is 11.8. The van der Waals surface area contributed by atoms with Gasteiger partial charge in [0.25, 0.3) is 0 Å². The Balaban J connectivity index is -0.000000168. The van der Waals surface area contributed by atoms with Gasteiger partial charge in [0, 0.05) is 0 Å². The summed E-state index contributed by atoms with van der Waals surface area (Å²) in [6, 6.07) is 0. The molecule has 0 radical (unpaired) electrons. The molecule has 84 valence electrons. The molecule has 0 saturated heterocycles. The van der Waals surface area contributed by atoms with Crippen LogP contribution >= 0.6 is 0 Å².